The Labute approximate surface area is 126 Å². The summed E-state index contributed by atoms with van der Waals surface area (Å²) < 4.78 is 9.60. The van der Waals surface area contributed by atoms with Crippen LogP contribution in [-0.2, 0) is 20.9 Å². The maximum atomic E-state index is 11.7. The number of ether oxygens (including phenoxy) is 1. The van der Waals surface area contributed by atoms with Crippen molar-refractivity contribution in [2.24, 2.45) is 0 Å². The minimum absolute atomic E-state index is 0.126. The number of hydrogen-bond donors (Lipinski definition) is 2. The van der Waals surface area contributed by atoms with E-state index in [1.165, 1.54) is 37.6 Å². The van der Waals surface area contributed by atoms with Crippen LogP contribution in [0.15, 0.2) is 47.1 Å². The van der Waals surface area contributed by atoms with E-state index in [1.54, 1.807) is 12.1 Å². The molecule has 1 aromatic carbocycles. The number of esters is 1. The maximum absolute atomic E-state index is 11.7. The van der Waals surface area contributed by atoms with Gasteiger partial charge in [0.05, 0.1) is 25.5 Å². The second-order valence-electron chi connectivity index (χ2n) is 4.29. The Morgan fingerprint density at radius 3 is 2.41 bits per heavy atom. The Hall–Kier alpha value is -3.09. The zero-order valence-electron chi connectivity index (χ0n) is 11.8. The lowest BCUT2D eigenvalue weighted by Crippen LogP contribution is -2.34. The van der Waals surface area contributed by atoms with Crippen LogP contribution in [0.1, 0.15) is 16.1 Å². The Morgan fingerprint density at radius 1 is 1.09 bits per heavy atom. The smallest absolute Gasteiger partial charge is 0.337 e. The molecule has 0 unspecified atom stereocenters. The molecule has 2 amide bonds. The van der Waals surface area contributed by atoms with Crippen LogP contribution in [0.2, 0.25) is 0 Å². The number of carbonyl (C=O) groups excluding carboxylic acids is 3. The molecule has 114 valence electrons. The summed E-state index contributed by atoms with van der Waals surface area (Å²) in [6.07, 6.45) is 1.48. The van der Waals surface area contributed by atoms with Crippen LogP contribution in [0.3, 0.4) is 0 Å². The van der Waals surface area contributed by atoms with Crippen LogP contribution in [0.5, 0.6) is 0 Å². The van der Waals surface area contributed by atoms with E-state index < -0.39 is 17.8 Å². The van der Waals surface area contributed by atoms with Gasteiger partial charge >= 0.3 is 17.8 Å². The lowest BCUT2D eigenvalue weighted by Gasteiger charge is -2.06. The Bertz CT molecular complexity index is 662. The second-order valence-corrected chi connectivity index (χ2v) is 4.29. The largest absolute Gasteiger partial charge is 0.467 e. The van der Waals surface area contributed by atoms with Crippen LogP contribution < -0.4 is 10.6 Å². The third kappa shape index (κ3) is 3.95. The molecule has 7 nitrogen and oxygen atoms in total. The molecule has 1 aromatic heterocycles. The predicted molar refractivity (Wildman–Crippen MR) is 77.0 cm³/mol. The highest BCUT2D eigenvalue weighted by Crippen LogP contribution is 2.10. The van der Waals surface area contributed by atoms with Crippen molar-refractivity contribution < 1.29 is 23.5 Å². The van der Waals surface area contributed by atoms with Crippen molar-refractivity contribution in [1.29, 1.82) is 0 Å². The first kappa shape index (κ1) is 15.3. The number of furan rings is 1. The molecule has 0 aliphatic carbocycles. The van der Waals surface area contributed by atoms with Gasteiger partial charge < -0.3 is 19.8 Å². The fraction of sp³-hybridized carbons (Fsp3) is 0.133. The summed E-state index contributed by atoms with van der Waals surface area (Å²) in [5.41, 5.74) is 0.744. The highest BCUT2D eigenvalue weighted by molar-refractivity contribution is 6.39. The average Bonchev–Trinajstić information content (AvgIpc) is 3.06. The lowest BCUT2D eigenvalue weighted by atomic mass is 10.2. The molecule has 0 saturated heterocycles. The number of carbonyl (C=O) groups is 3. The number of amides is 2. The Morgan fingerprint density at radius 2 is 1.82 bits per heavy atom. The van der Waals surface area contributed by atoms with E-state index in [0.717, 1.165) is 0 Å². The van der Waals surface area contributed by atoms with Crippen LogP contribution in [0.4, 0.5) is 5.69 Å². The van der Waals surface area contributed by atoms with Crippen molar-refractivity contribution in [3.8, 4) is 0 Å². The van der Waals surface area contributed by atoms with E-state index in [0.29, 0.717) is 17.0 Å². The van der Waals surface area contributed by atoms with Gasteiger partial charge in [0.1, 0.15) is 5.76 Å². The molecule has 22 heavy (non-hydrogen) atoms. The third-order valence-electron chi connectivity index (χ3n) is 2.77. The zero-order chi connectivity index (χ0) is 15.9. The van der Waals surface area contributed by atoms with Gasteiger partial charge in [-0.25, -0.2) is 4.79 Å². The quantitative estimate of drug-likeness (QED) is 0.655. The summed E-state index contributed by atoms with van der Waals surface area (Å²) in [4.78, 5) is 34.6. The van der Waals surface area contributed by atoms with Gasteiger partial charge in [-0.05, 0) is 36.4 Å². The molecule has 0 bridgehead atoms. The lowest BCUT2D eigenvalue weighted by molar-refractivity contribution is -0.136. The Balaban J connectivity index is 1.88. The van der Waals surface area contributed by atoms with E-state index in [4.69, 9.17) is 4.42 Å². The van der Waals surface area contributed by atoms with E-state index in [1.807, 2.05) is 0 Å². The third-order valence-corrected chi connectivity index (χ3v) is 2.77. The first-order valence-corrected chi connectivity index (χ1v) is 6.40. The molecule has 1 heterocycles. The summed E-state index contributed by atoms with van der Waals surface area (Å²) in [6.45, 7) is 0.126. The van der Waals surface area contributed by atoms with Crippen LogP contribution in [0.25, 0.3) is 0 Å². The molecular formula is C15H14N2O5. The Kier molecular flexibility index (Phi) is 4.92. The fourth-order valence-corrected chi connectivity index (χ4v) is 1.66. The summed E-state index contributed by atoms with van der Waals surface area (Å²) >= 11 is 0. The molecule has 0 saturated carbocycles. The van der Waals surface area contributed by atoms with E-state index in [2.05, 4.69) is 15.4 Å². The van der Waals surface area contributed by atoms with Crippen molar-refractivity contribution in [2.75, 3.05) is 12.4 Å². The number of nitrogens with one attached hydrogen (secondary N) is 2. The van der Waals surface area contributed by atoms with Gasteiger partial charge in [0.15, 0.2) is 0 Å². The molecule has 0 radical (unpaired) electrons. The summed E-state index contributed by atoms with van der Waals surface area (Å²) in [5, 5.41) is 4.85. The number of methoxy groups -OCH3 is 1. The summed E-state index contributed by atoms with van der Waals surface area (Å²) in [5.74, 6) is -1.52. The number of rotatable bonds is 4. The van der Waals surface area contributed by atoms with Gasteiger partial charge in [0, 0.05) is 5.69 Å². The molecule has 0 fully saturated rings. The number of anilines is 1. The van der Waals surface area contributed by atoms with Crippen LogP contribution in [-0.4, -0.2) is 24.9 Å². The first-order valence-electron chi connectivity index (χ1n) is 6.40. The van der Waals surface area contributed by atoms with Gasteiger partial charge in [-0.2, -0.15) is 0 Å². The molecule has 2 N–H and O–H groups in total. The molecule has 0 spiro atoms. The van der Waals surface area contributed by atoms with Crippen molar-refractivity contribution >= 4 is 23.5 Å². The van der Waals surface area contributed by atoms with E-state index in [9.17, 15) is 14.4 Å². The maximum Gasteiger partial charge on any atom is 0.337 e. The van der Waals surface area contributed by atoms with Crippen LogP contribution in [0, 0.1) is 0 Å². The van der Waals surface area contributed by atoms with Crippen molar-refractivity contribution in [1.82, 2.24) is 5.32 Å². The molecule has 2 aromatic rings. The normalized spacial score (nSPS) is 9.86. The molecule has 7 heteroatoms. The fourth-order valence-electron chi connectivity index (χ4n) is 1.66. The van der Waals surface area contributed by atoms with Gasteiger partial charge in [-0.1, -0.05) is 0 Å². The minimum Gasteiger partial charge on any atom is -0.467 e. The van der Waals surface area contributed by atoms with Crippen molar-refractivity contribution in [2.45, 2.75) is 6.54 Å². The zero-order valence-corrected chi connectivity index (χ0v) is 11.8. The van der Waals surface area contributed by atoms with Gasteiger partial charge in [-0.15, -0.1) is 0 Å². The molecule has 2 rings (SSSR count). The highest BCUT2D eigenvalue weighted by atomic mass is 16.5. The van der Waals surface area contributed by atoms with Crippen molar-refractivity contribution in [3.63, 3.8) is 0 Å². The molecule has 0 aliphatic heterocycles. The first-order chi connectivity index (χ1) is 10.6. The topological polar surface area (TPSA) is 97.6 Å². The standard InChI is InChI=1S/C15H14N2O5/c1-21-15(20)10-4-6-11(7-5-10)17-14(19)13(18)16-9-12-3-2-8-22-12/h2-8H,9H2,1H3,(H,16,18)(H,17,19). The number of benzene rings is 1. The monoisotopic (exact) mass is 302 g/mol. The van der Waals surface area contributed by atoms with Crippen molar-refractivity contribution in [3.05, 3.63) is 54.0 Å². The van der Waals surface area contributed by atoms with Gasteiger partial charge in [0.25, 0.3) is 0 Å². The molecule has 0 aliphatic rings. The highest BCUT2D eigenvalue weighted by Gasteiger charge is 2.14. The molecular weight excluding hydrogens is 288 g/mol. The van der Waals surface area contributed by atoms with E-state index >= 15 is 0 Å². The summed E-state index contributed by atoms with van der Waals surface area (Å²) in [6, 6.07) is 9.35. The average molecular weight is 302 g/mol. The van der Waals surface area contributed by atoms with Gasteiger partial charge in [0.2, 0.25) is 0 Å². The predicted octanol–water partition coefficient (Wildman–Crippen LogP) is 1.32. The van der Waals surface area contributed by atoms with Crippen LogP contribution >= 0.6 is 0 Å². The summed E-state index contributed by atoms with van der Waals surface area (Å²) in [7, 11) is 1.28. The SMILES string of the molecule is COC(=O)c1ccc(NC(=O)C(=O)NCc2ccco2)cc1. The molecule has 0 atom stereocenters. The number of hydrogen-bond acceptors (Lipinski definition) is 5. The van der Waals surface area contributed by atoms with E-state index in [-0.39, 0.29) is 6.54 Å². The minimum atomic E-state index is -0.808. The second kappa shape index (κ2) is 7.07. The van der Waals surface area contributed by atoms with Gasteiger partial charge in [-0.3, -0.25) is 9.59 Å².